The molecule has 0 spiro atoms. The number of carbonyl (C=O) groups is 1. The van der Waals surface area contributed by atoms with Gasteiger partial charge in [0.15, 0.2) is 0 Å². The molecule has 0 aliphatic rings. The van der Waals surface area contributed by atoms with Gasteiger partial charge in [0, 0.05) is 24.9 Å². The van der Waals surface area contributed by atoms with Crippen molar-refractivity contribution >= 4 is 27.6 Å². The Bertz CT molecular complexity index is 907. The van der Waals surface area contributed by atoms with Crippen LogP contribution in [0.3, 0.4) is 0 Å². The Morgan fingerprint density at radius 2 is 1.86 bits per heavy atom. The molecule has 2 aromatic carbocycles. The number of aromatic nitrogens is 1. The molecule has 1 heterocycles. The van der Waals surface area contributed by atoms with Crippen LogP contribution in [-0.2, 0) is 0 Å². The van der Waals surface area contributed by atoms with E-state index in [4.69, 9.17) is 5.26 Å². The zero-order valence-electron chi connectivity index (χ0n) is 11.8. The monoisotopic (exact) mass is 275 g/mol. The lowest BCUT2D eigenvalue weighted by atomic mass is 10.0. The van der Waals surface area contributed by atoms with E-state index in [-0.39, 0.29) is 5.91 Å². The molecule has 4 heteroatoms. The van der Waals surface area contributed by atoms with E-state index in [0.717, 1.165) is 16.3 Å². The molecule has 1 amide bonds. The van der Waals surface area contributed by atoms with Crippen LogP contribution in [0, 0.1) is 11.3 Å². The van der Waals surface area contributed by atoms with Gasteiger partial charge < -0.3 is 4.90 Å². The molecule has 0 fully saturated rings. The van der Waals surface area contributed by atoms with Gasteiger partial charge in [0.1, 0.15) is 5.69 Å². The number of hydrogen-bond donors (Lipinski definition) is 0. The number of carbonyl (C=O) groups excluding carboxylic acids is 1. The first-order valence-corrected chi connectivity index (χ1v) is 6.56. The standard InChI is InChI=1S/C17H13N3O/c1-20(2)17(21)16-14-9-11(10-18)7-8-12(14)13-5-3-4-6-15(13)19-16/h3-9H,1-2H3. The van der Waals surface area contributed by atoms with Crippen molar-refractivity contribution < 1.29 is 4.79 Å². The number of amides is 1. The van der Waals surface area contributed by atoms with Crippen molar-refractivity contribution in [2.75, 3.05) is 14.1 Å². The minimum absolute atomic E-state index is 0.166. The van der Waals surface area contributed by atoms with E-state index in [1.54, 1.807) is 26.2 Å². The number of hydrogen-bond acceptors (Lipinski definition) is 3. The van der Waals surface area contributed by atoms with Crippen molar-refractivity contribution in [1.82, 2.24) is 9.88 Å². The van der Waals surface area contributed by atoms with Crippen LogP contribution in [0.5, 0.6) is 0 Å². The molecule has 102 valence electrons. The molecule has 21 heavy (non-hydrogen) atoms. The molecular formula is C17H13N3O. The number of nitriles is 1. The van der Waals surface area contributed by atoms with E-state index >= 15 is 0 Å². The van der Waals surface area contributed by atoms with E-state index in [9.17, 15) is 4.79 Å². The van der Waals surface area contributed by atoms with Crippen molar-refractivity contribution in [2.45, 2.75) is 0 Å². The lowest BCUT2D eigenvalue weighted by Gasteiger charge is -2.13. The number of para-hydroxylation sites is 1. The maximum Gasteiger partial charge on any atom is 0.272 e. The van der Waals surface area contributed by atoms with E-state index < -0.39 is 0 Å². The highest BCUT2D eigenvalue weighted by atomic mass is 16.2. The van der Waals surface area contributed by atoms with Crippen molar-refractivity contribution in [3.63, 3.8) is 0 Å². The fraction of sp³-hybridized carbons (Fsp3) is 0.118. The topological polar surface area (TPSA) is 57.0 Å². The second-order valence-electron chi connectivity index (χ2n) is 5.05. The van der Waals surface area contributed by atoms with Crippen molar-refractivity contribution in [3.05, 3.63) is 53.7 Å². The van der Waals surface area contributed by atoms with Crippen molar-refractivity contribution in [1.29, 1.82) is 5.26 Å². The number of rotatable bonds is 1. The molecule has 0 N–H and O–H groups in total. The van der Waals surface area contributed by atoms with Gasteiger partial charge in [-0.25, -0.2) is 4.98 Å². The van der Waals surface area contributed by atoms with Gasteiger partial charge in [-0.3, -0.25) is 4.79 Å². The SMILES string of the molecule is CN(C)C(=O)c1nc2ccccc2c2ccc(C#N)cc12. The first-order chi connectivity index (χ1) is 10.1. The summed E-state index contributed by atoms with van der Waals surface area (Å²) in [6.07, 6.45) is 0. The Morgan fingerprint density at radius 3 is 2.57 bits per heavy atom. The molecular weight excluding hydrogens is 262 g/mol. The van der Waals surface area contributed by atoms with Crippen molar-refractivity contribution in [2.24, 2.45) is 0 Å². The van der Waals surface area contributed by atoms with Crippen LogP contribution in [-0.4, -0.2) is 29.9 Å². The van der Waals surface area contributed by atoms with Gasteiger partial charge in [-0.1, -0.05) is 24.3 Å². The van der Waals surface area contributed by atoms with Crippen molar-refractivity contribution in [3.8, 4) is 6.07 Å². The maximum atomic E-state index is 12.4. The summed E-state index contributed by atoms with van der Waals surface area (Å²) in [5.74, 6) is -0.166. The second kappa shape index (κ2) is 4.88. The van der Waals surface area contributed by atoms with E-state index in [2.05, 4.69) is 11.1 Å². The largest absolute Gasteiger partial charge is 0.343 e. The summed E-state index contributed by atoms with van der Waals surface area (Å²) in [4.78, 5) is 18.4. The van der Waals surface area contributed by atoms with Gasteiger partial charge in [0.25, 0.3) is 5.91 Å². The molecule has 3 rings (SSSR count). The third kappa shape index (κ3) is 2.09. The van der Waals surface area contributed by atoms with Gasteiger partial charge in [-0.05, 0) is 23.6 Å². The smallest absolute Gasteiger partial charge is 0.272 e. The molecule has 0 aliphatic carbocycles. The highest BCUT2D eigenvalue weighted by Crippen LogP contribution is 2.27. The number of pyridine rings is 1. The van der Waals surface area contributed by atoms with E-state index in [0.29, 0.717) is 16.6 Å². The third-order valence-corrected chi connectivity index (χ3v) is 3.44. The van der Waals surface area contributed by atoms with Crippen LogP contribution in [0.25, 0.3) is 21.7 Å². The molecule has 0 saturated carbocycles. The van der Waals surface area contributed by atoms with Gasteiger partial charge in [-0.2, -0.15) is 5.26 Å². The Morgan fingerprint density at radius 1 is 1.10 bits per heavy atom. The molecule has 1 aromatic heterocycles. The van der Waals surface area contributed by atoms with Crippen LogP contribution < -0.4 is 0 Å². The molecule has 4 nitrogen and oxygen atoms in total. The normalized spacial score (nSPS) is 10.5. The molecule has 0 radical (unpaired) electrons. The zero-order chi connectivity index (χ0) is 15.0. The fourth-order valence-electron chi connectivity index (χ4n) is 2.40. The van der Waals surface area contributed by atoms with Crippen LogP contribution in [0.15, 0.2) is 42.5 Å². The van der Waals surface area contributed by atoms with Crippen LogP contribution in [0.4, 0.5) is 0 Å². The summed E-state index contributed by atoms with van der Waals surface area (Å²) in [6.45, 7) is 0. The molecule has 0 saturated heterocycles. The Hall–Kier alpha value is -2.93. The summed E-state index contributed by atoms with van der Waals surface area (Å²) in [5, 5.41) is 11.7. The van der Waals surface area contributed by atoms with E-state index in [1.165, 1.54) is 4.90 Å². The van der Waals surface area contributed by atoms with Crippen LogP contribution in [0.1, 0.15) is 16.1 Å². The van der Waals surface area contributed by atoms with Gasteiger partial charge in [-0.15, -0.1) is 0 Å². The predicted octanol–water partition coefficient (Wildman–Crippen LogP) is 2.96. The highest BCUT2D eigenvalue weighted by Gasteiger charge is 2.16. The fourth-order valence-corrected chi connectivity index (χ4v) is 2.40. The average Bonchev–Trinajstić information content (AvgIpc) is 2.52. The van der Waals surface area contributed by atoms with Gasteiger partial charge >= 0.3 is 0 Å². The molecule has 0 unspecified atom stereocenters. The Labute approximate surface area is 122 Å². The Balaban J connectivity index is 2.48. The summed E-state index contributed by atoms with van der Waals surface area (Å²) in [5.41, 5.74) is 1.68. The molecule has 0 atom stereocenters. The number of benzene rings is 2. The minimum atomic E-state index is -0.166. The van der Waals surface area contributed by atoms with E-state index in [1.807, 2.05) is 30.3 Å². The summed E-state index contributed by atoms with van der Waals surface area (Å²) in [7, 11) is 3.39. The van der Waals surface area contributed by atoms with Crippen LogP contribution in [0.2, 0.25) is 0 Å². The summed E-state index contributed by atoms with van der Waals surface area (Å²) >= 11 is 0. The maximum absolute atomic E-state index is 12.4. The summed E-state index contributed by atoms with van der Waals surface area (Å²) in [6, 6.07) is 15.2. The van der Waals surface area contributed by atoms with Gasteiger partial charge in [0.05, 0.1) is 17.1 Å². The first kappa shape index (κ1) is 13.1. The number of fused-ring (bicyclic) bond motifs is 3. The molecule has 3 aromatic rings. The van der Waals surface area contributed by atoms with Crippen LogP contribution >= 0.6 is 0 Å². The minimum Gasteiger partial charge on any atom is -0.343 e. The first-order valence-electron chi connectivity index (χ1n) is 6.56. The predicted molar refractivity (Wildman–Crippen MR) is 82.0 cm³/mol. The average molecular weight is 275 g/mol. The van der Waals surface area contributed by atoms with Gasteiger partial charge in [0.2, 0.25) is 0 Å². The zero-order valence-corrected chi connectivity index (χ0v) is 11.8. The quantitative estimate of drug-likeness (QED) is 0.641. The second-order valence-corrected chi connectivity index (χ2v) is 5.05. The number of nitrogens with zero attached hydrogens (tertiary/aromatic N) is 3. The third-order valence-electron chi connectivity index (χ3n) is 3.44. The molecule has 0 bridgehead atoms. The molecule has 0 aliphatic heterocycles. The lowest BCUT2D eigenvalue weighted by molar-refractivity contribution is 0.0824. The lowest BCUT2D eigenvalue weighted by Crippen LogP contribution is -2.23. The summed E-state index contributed by atoms with van der Waals surface area (Å²) < 4.78 is 0. The Kier molecular flexibility index (Phi) is 3.03. The highest BCUT2D eigenvalue weighted by molar-refractivity contribution is 6.14.